The Kier molecular flexibility index (Phi) is 5.96. The molecule has 0 bridgehead atoms. The maximum Gasteiger partial charge on any atom is 0.242 e. The first-order valence-electron chi connectivity index (χ1n) is 6.80. The normalized spacial score (nSPS) is 17.1. The van der Waals surface area contributed by atoms with Gasteiger partial charge >= 0.3 is 0 Å². The van der Waals surface area contributed by atoms with Gasteiger partial charge in [-0.25, -0.2) is 4.39 Å². The Labute approximate surface area is 125 Å². The fourth-order valence-corrected chi connectivity index (χ4v) is 2.71. The first-order chi connectivity index (χ1) is 9.01. The van der Waals surface area contributed by atoms with Crippen LogP contribution in [0.4, 0.5) is 4.39 Å². The third kappa shape index (κ3) is 3.93. The van der Waals surface area contributed by atoms with Crippen molar-refractivity contribution in [3.05, 3.63) is 35.6 Å². The number of amides is 1. The van der Waals surface area contributed by atoms with E-state index in [1.807, 2.05) is 0 Å². The highest BCUT2D eigenvalue weighted by Gasteiger charge is 2.37. The molecule has 1 saturated carbocycles. The fraction of sp³-hybridized carbons (Fsp3) is 0.533. The van der Waals surface area contributed by atoms with Gasteiger partial charge in [0, 0.05) is 13.6 Å². The number of nitrogens with two attached hydrogens (primary N) is 1. The van der Waals surface area contributed by atoms with E-state index in [1.165, 1.54) is 12.1 Å². The zero-order valence-corrected chi connectivity index (χ0v) is 12.6. The molecule has 0 spiro atoms. The summed E-state index contributed by atoms with van der Waals surface area (Å²) < 4.78 is 12.8. The second kappa shape index (κ2) is 7.04. The van der Waals surface area contributed by atoms with E-state index < -0.39 is 5.54 Å². The lowest BCUT2D eigenvalue weighted by molar-refractivity contribution is -0.137. The number of hydrogen-bond donors (Lipinski definition) is 1. The lowest BCUT2D eigenvalue weighted by Gasteiger charge is -2.35. The molecule has 5 heteroatoms. The van der Waals surface area contributed by atoms with Crippen molar-refractivity contribution < 1.29 is 9.18 Å². The van der Waals surface area contributed by atoms with Crippen molar-refractivity contribution in [2.45, 2.75) is 44.2 Å². The van der Waals surface area contributed by atoms with Crippen molar-refractivity contribution >= 4 is 18.3 Å². The third-order valence-electron chi connectivity index (χ3n) is 3.85. The first-order valence-corrected chi connectivity index (χ1v) is 6.80. The second-order valence-electron chi connectivity index (χ2n) is 5.50. The number of nitrogens with zero attached hydrogens (tertiary/aromatic N) is 1. The molecule has 1 fully saturated rings. The number of halogens is 2. The number of benzene rings is 1. The molecule has 1 aliphatic rings. The van der Waals surface area contributed by atoms with E-state index in [0.717, 1.165) is 37.7 Å². The van der Waals surface area contributed by atoms with Crippen molar-refractivity contribution in [3.63, 3.8) is 0 Å². The summed E-state index contributed by atoms with van der Waals surface area (Å²) in [5, 5.41) is 0. The quantitative estimate of drug-likeness (QED) is 0.933. The number of hydrogen-bond acceptors (Lipinski definition) is 2. The molecular weight excluding hydrogens is 279 g/mol. The van der Waals surface area contributed by atoms with Gasteiger partial charge in [-0.05, 0) is 30.5 Å². The van der Waals surface area contributed by atoms with Crippen LogP contribution in [0.2, 0.25) is 0 Å². The molecular formula is C15H22ClFN2O. The van der Waals surface area contributed by atoms with Crippen LogP contribution in [0.3, 0.4) is 0 Å². The van der Waals surface area contributed by atoms with Gasteiger partial charge in [0.1, 0.15) is 5.82 Å². The molecule has 0 atom stereocenters. The van der Waals surface area contributed by atoms with Crippen LogP contribution in [0.5, 0.6) is 0 Å². The number of likely N-dealkylation sites (N-methyl/N-ethyl adjacent to an activating group) is 1. The van der Waals surface area contributed by atoms with Crippen molar-refractivity contribution in [2.75, 3.05) is 7.05 Å². The SMILES string of the molecule is CN(Cc1ccc(F)cc1)C(=O)C1(N)CCCCC1.Cl. The summed E-state index contributed by atoms with van der Waals surface area (Å²) in [5.74, 6) is -0.267. The smallest absolute Gasteiger partial charge is 0.242 e. The van der Waals surface area contributed by atoms with Crippen LogP contribution in [0, 0.1) is 5.82 Å². The predicted molar refractivity (Wildman–Crippen MR) is 80.1 cm³/mol. The first kappa shape index (κ1) is 16.9. The Morgan fingerprint density at radius 1 is 1.25 bits per heavy atom. The highest BCUT2D eigenvalue weighted by atomic mass is 35.5. The van der Waals surface area contributed by atoms with Crippen molar-refractivity contribution in [3.8, 4) is 0 Å². The number of carbonyl (C=O) groups excluding carboxylic acids is 1. The van der Waals surface area contributed by atoms with Crippen LogP contribution < -0.4 is 5.73 Å². The minimum Gasteiger partial charge on any atom is -0.340 e. The van der Waals surface area contributed by atoms with Crippen LogP contribution >= 0.6 is 12.4 Å². The highest BCUT2D eigenvalue weighted by Crippen LogP contribution is 2.27. The molecule has 0 heterocycles. The molecule has 20 heavy (non-hydrogen) atoms. The molecule has 112 valence electrons. The number of carbonyl (C=O) groups is 1. The van der Waals surface area contributed by atoms with Gasteiger partial charge in [-0.1, -0.05) is 31.4 Å². The highest BCUT2D eigenvalue weighted by molar-refractivity contribution is 5.86. The summed E-state index contributed by atoms with van der Waals surface area (Å²) in [6.07, 6.45) is 4.73. The molecule has 0 radical (unpaired) electrons. The minimum atomic E-state index is -0.701. The Morgan fingerprint density at radius 2 is 1.80 bits per heavy atom. The molecule has 1 amide bonds. The van der Waals surface area contributed by atoms with Gasteiger partial charge in [0.15, 0.2) is 0 Å². The van der Waals surface area contributed by atoms with E-state index in [1.54, 1.807) is 24.1 Å². The molecule has 2 rings (SSSR count). The van der Waals surface area contributed by atoms with Crippen molar-refractivity contribution in [2.24, 2.45) is 5.73 Å². The second-order valence-corrected chi connectivity index (χ2v) is 5.50. The van der Waals surface area contributed by atoms with E-state index >= 15 is 0 Å². The van der Waals surface area contributed by atoms with Gasteiger partial charge in [0.2, 0.25) is 5.91 Å². The lowest BCUT2D eigenvalue weighted by atomic mass is 9.81. The van der Waals surface area contributed by atoms with Crippen LogP contribution in [0.15, 0.2) is 24.3 Å². The Morgan fingerprint density at radius 3 is 2.35 bits per heavy atom. The molecule has 1 aromatic rings. The molecule has 1 aliphatic carbocycles. The van der Waals surface area contributed by atoms with E-state index in [9.17, 15) is 9.18 Å². The monoisotopic (exact) mass is 300 g/mol. The van der Waals surface area contributed by atoms with Gasteiger partial charge in [-0.15, -0.1) is 12.4 Å². The van der Waals surface area contributed by atoms with Gasteiger partial charge < -0.3 is 10.6 Å². The van der Waals surface area contributed by atoms with Crippen LogP contribution in [-0.4, -0.2) is 23.4 Å². The Hall–Kier alpha value is -1.13. The summed E-state index contributed by atoms with van der Waals surface area (Å²) in [7, 11) is 1.76. The molecule has 0 saturated heterocycles. The van der Waals surface area contributed by atoms with E-state index in [0.29, 0.717) is 6.54 Å². The van der Waals surface area contributed by atoms with Gasteiger partial charge in [0.05, 0.1) is 5.54 Å². The van der Waals surface area contributed by atoms with Crippen molar-refractivity contribution in [1.29, 1.82) is 0 Å². The fourth-order valence-electron chi connectivity index (χ4n) is 2.71. The largest absolute Gasteiger partial charge is 0.340 e. The third-order valence-corrected chi connectivity index (χ3v) is 3.85. The van der Waals surface area contributed by atoms with Gasteiger partial charge in [-0.2, -0.15) is 0 Å². The van der Waals surface area contributed by atoms with E-state index in [-0.39, 0.29) is 24.1 Å². The maximum absolute atomic E-state index is 12.8. The Bertz CT molecular complexity index is 444. The minimum absolute atomic E-state index is 0. The Balaban J connectivity index is 0.00000200. The molecule has 0 aromatic heterocycles. The zero-order chi connectivity index (χ0) is 13.9. The summed E-state index contributed by atoms with van der Waals surface area (Å²) in [6, 6.07) is 6.21. The molecule has 2 N–H and O–H groups in total. The van der Waals surface area contributed by atoms with E-state index in [2.05, 4.69) is 0 Å². The van der Waals surface area contributed by atoms with E-state index in [4.69, 9.17) is 5.73 Å². The van der Waals surface area contributed by atoms with Gasteiger partial charge in [-0.3, -0.25) is 4.79 Å². The van der Waals surface area contributed by atoms with Crippen LogP contribution in [0.1, 0.15) is 37.7 Å². The molecule has 0 unspecified atom stereocenters. The van der Waals surface area contributed by atoms with Crippen LogP contribution in [0.25, 0.3) is 0 Å². The summed E-state index contributed by atoms with van der Waals surface area (Å²) >= 11 is 0. The number of rotatable bonds is 3. The lowest BCUT2D eigenvalue weighted by Crippen LogP contribution is -2.55. The maximum atomic E-state index is 12.8. The standard InChI is InChI=1S/C15H21FN2O.ClH/c1-18(11-12-5-7-13(16)8-6-12)14(19)15(17)9-3-2-4-10-15;/h5-8H,2-4,9-11,17H2,1H3;1H. The molecule has 0 aliphatic heterocycles. The average Bonchev–Trinajstić information content (AvgIpc) is 2.41. The average molecular weight is 301 g/mol. The molecule has 3 nitrogen and oxygen atoms in total. The zero-order valence-electron chi connectivity index (χ0n) is 11.8. The van der Waals surface area contributed by atoms with Crippen molar-refractivity contribution in [1.82, 2.24) is 4.90 Å². The summed E-state index contributed by atoms with van der Waals surface area (Å²) in [5.41, 5.74) is 6.44. The summed E-state index contributed by atoms with van der Waals surface area (Å²) in [6.45, 7) is 0.470. The predicted octanol–water partition coefficient (Wildman–Crippen LogP) is 2.87. The molecule has 1 aromatic carbocycles. The van der Waals surface area contributed by atoms with Gasteiger partial charge in [0.25, 0.3) is 0 Å². The van der Waals surface area contributed by atoms with Crippen LogP contribution in [-0.2, 0) is 11.3 Å². The topological polar surface area (TPSA) is 46.3 Å². The summed E-state index contributed by atoms with van der Waals surface area (Å²) in [4.78, 5) is 14.1.